The molecule has 25 heavy (non-hydrogen) atoms. The van der Waals surface area contributed by atoms with Crippen LogP contribution < -0.4 is 0 Å². The molecule has 0 saturated heterocycles. The third-order valence-electron chi connectivity index (χ3n) is 5.61. The summed E-state index contributed by atoms with van der Waals surface area (Å²) in [7, 11) is 0. The Hall–Kier alpha value is -2.58. The first-order chi connectivity index (χ1) is 12.1. The van der Waals surface area contributed by atoms with Crippen LogP contribution in [0.5, 0.6) is 0 Å². The van der Waals surface area contributed by atoms with Crippen molar-refractivity contribution in [1.82, 2.24) is 0 Å². The van der Waals surface area contributed by atoms with Gasteiger partial charge in [0.15, 0.2) is 0 Å². The Morgan fingerprint density at radius 3 is 2.12 bits per heavy atom. The van der Waals surface area contributed by atoms with E-state index >= 15 is 0 Å². The summed E-state index contributed by atoms with van der Waals surface area (Å²) in [5, 5.41) is 23.0. The molecule has 4 atom stereocenters. The van der Waals surface area contributed by atoms with Crippen LogP contribution in [-0.4, -0.2) is 10.2 Å². The van der Waals surface area contributed by atoms with Crippen LogP contribution in [0.2, 0.25) is 0 Å². The minimum atomic E-state index is -1.12. The van der Waals surface area contributed by atoms with E-state index in [1.165, 1.54) is 0 Å². The fraction of sp³-hybridized carbons (Fsp3) is 0.217. The molecule has 0 unspecified atom stereocenters. The van der Waals surface area contributed by atoms with Crippen LogP contribution >= 0.6 is 0 Å². The monoisotopic (exact) mass is 330 g/mol. The van der Waals surface area contributed by atoms with Gasteiger partial charge in [0.1, 0.15) is 5.60 Å². The van der Waals surface area contributed by atoms with Crippen LogP contribution in [0.4, 0.5) is 0 Å². The van der Waals surface area contributed by atoms with Gasteiger partial charge >= 0.3 is 0 Å². The van der Waals surface area contributed by atoms with Crippen molar-refractivity contribution in [3.63, 3.8) is 0 Å². The van der Waals surface area contributed by atoms with Crippen LogP contribution in [0.1, 0.15) is 24.0 Å². The van der Waals surface area contributed by atoms with Gasteiger partial charge in [-0.05, 0) is 23.6 Å². The van der Waals surface area contributed by atoms with Gasteiger partial charge in [0.25, 0.3) is 0 Å². The van der Waals surface area contributed by atoms with Crippen molar-refractivity contribution in [2.24, 2.45) is 11.8 Å². The smallest absolute Gasteiger partial charge is 0.107 e. The first-order valence-electron chi connectivity index (χ1n) is 8.71. The van der Waals surface area contributed by atoms with Crippen molar-refractivity contribution in [2.45, 2.75) is 18.4 Å². The summed E-state index contributed by atoms with van der Waals surface area (Å²) in [6.45, 7) is 1.93. The zero-order valence-electron chi connectivity index (χ0n) is 14.2. The highest BCUT2D eigenvalue weighted by molar-refractivity contribution is 5.46. The Morgan fingerprint density at radius 1 is 0.840 bits per heavy atom. The lowest BCUT2D eigenvalue weighted by atomic mass is 9.58. The van der Waals surface area contributed by atoms with Crippen LogP contribution in [0, 0.1) is 11.8 Å². The Kier molecular flexibility index (Phi) is 3.85. The van der Waals surface area contributed by atoms with Crippen LogP contribution in [0.15, 0.2) is 96.3 Å². The van der Waals surface area contributed by atoms with Gasteiger partial charge in [-0.25, -0.2) is 0 Å². The van der Waals surface area contributed by atoms with Crippen molar-refractivity contribution in [1.29, 1.82) is 0 Å². The first-order valence-corrected chi connectivity index (χ1v) is 8.71. The van der Waals surface area contributed by atoms with E-state index in [4.69, 9.17) is 0 Å². The molecule has 0 fully saturated rings. The summed E-state index contributed by atoms with van der Waals surface area (Å²) in [5.74, 6) is -0.336. The van der Waals surface area contributed by atoms with Crippen LogP contribution in [-0.2, 0) is 5.60 Å². The fourth-order valence-electron chi connectivity index (χ4n) is 4.44. The average Bonchev–Trinajstić information content (AvgIpc) is 2.68. The van der Waals surface area contributed by atoms with Gasteiger partial charge in [-0.2, -0.15) is 0 Å². The second-order valence-electron chi connectivity index (χ2n) is 6.92. The van der Waals surface area contributed by atoms with Crippen LogP contribution in [0.25, 0.3) is 0 Å². The molecule has 2 heteroatoms. The zero-order chi connectivity index (χ0) is 17.4. The van der Waals surface area contributed by atoms with Gasteiger partial charge in [0.2, 0.25) is 0 Å². The van der Waals surface area contributed by atoms with E-state index in [2.05, 4.69) is 0 Å². The molecule has 2 aromatic rings. The molecule has 0 bridgehead atoms. The molecule has 0 aromatic heterocycles. The molecule has 4 rings (SSSR count). The van der Waals surface area contributed by atoms with E-state index in [1.54, 1.807) is 0 Å². The molecule has 2 aromatic carbocycles. The highest BCUT2D eigenvalue weighted by Gasteiger charge is 2.53. The summed E-state index contributed by atoms with van der Waals surface area (Å²) in [5.41, 5.74) is 1.61. The summed E-state index contributed by atoms with van der Waals surface area (Å²) in [6, 6.07) is 19.8. The normalized spacial score (nSPS) is 31.0. The molecule has 0 radical (unpaired) electrons. The predicted molar refractivity (Wildman–Crippen MR) is 100 cm³/mol. The lowest BCUT2D eigenvalue weighted by Gasteiger charge is -2.49. The van der Waals surface area contributed by atoms with Gasteiger partial charge in [0.05, 0.1) is 5.76 Å². The third-order valence-corrected chi connectivity index (χ3v) is 5.61. The lowest BCUT2D eigenvalue weighted by Crippen LogP contribution is -2.48. The molecule has 0 amide bonds. The van der Waals surface area contributed by atoms with E-state index in [1.807, 2.05) is 91.9 Å². The Labute approximate surface area is 148 Å². The standard InChI is InChI=1S/C23H22O2/c1-16-21(17-10-4-2-5-11-17)23(25,18-12-6-3-7-13-18)20-15-9-8-14-19(20)22(16)24/h2-15,19-21,24-25H,1H3/t19-,20+,21-,23+/m0/s1. The maximum absolute atomic E-state index is 12.1. The second-order valence-corrected chi connectivity index (χ2v) is 6.92. The van der Waals surface area contributed by atoms with Crippen molar-refractivity contribution in [3.8, 4) is 0 Å². The SMILES string of the molecule is CC1=C(O)[C@H]2C=CC=C[C@H]2[C@](O)(c2ccccc2)[C@@H]1c1ccccc1. The Bertz CT molecular complexity index is 848. The molecule has 2 nitrogen and oxygen atoms in total. The predicted octanol–water partition coefficient (Wildman–Crippen LogP) is 4.86. The van der Waals surface area contributed by atoms with Gasteiger partial charge < -0.3 is 10.2 Å². The zero-order valence-corrected chi connectivity index (χ0v) is 14.2. The van der Waals surface area contributed by atoms with Gasteiger partial charge in [-0.3, -0.25) is 0 Å². The molecular weight excluding hydrogens is 308 g/mol. The van der Waals surface area contributed by atoms with Crippen molar-refractivity contribution in [2.75, 3.05) is 0 Å². The largest absolute Gasteiger partial charge is 0.512 e. The average molecular weight is 330 g/mol. The molecule has 0 saturated carbocycles. The molecular formula is C23H22O2. The fourth-order valence-corrected chi connectivity index (χ4v) is 4.44. The van der Waals surface area contributed by atoms with E-state index in [9.17, 15) is 10.2 Å². The number of hydrogen-bond donors (Lipinski definition) is 2. The highest BCUT2D eigenvalue weighted by atomic mass is 16.3. The number of fused-ring (bicyclic) bond motifs is 1. The molecule has 0 spiro atoms. The van der Waals surface area contributed by atoms with E-state index in [0.717, 1.165) is 16.7 Å². The van der Waals surface area contributed by atoms with Gasteiger partial charge in [-0.1, -0.05) is 85.0 Å². The molecule has 2 aliphatic carbocycles. The number of hydrogen-bond acceptors (Lipinski definition) is 2. The molecule has 0 aliphatic heterocycles. The Balaban J connectivity index is 1.99. The summed E-state index contributed by atoms with van der Waals surface area (Å²) >= 11 is 0. The van der Waals surface area contributed by atoms with Gasteiger partial charge in [-0.15, -0.1) is 0 Å². The minimum absolute atomic E-state index is 0.199. The van der Waals surface area contributed by atoms with Crippen LogP contribution in [0.3, 0.4) is 0 Å². The lowest BCUT2D eigenvalue weighted by molar-refractivity contribution is -0.0491. The highest BCUT2D eigenvalue weighted by Crippen LogP contribution is 2.55. The van der Waals surface area contributed by atoms with E-state index in [-0.39, 0.29) is 17.8 Å². The topological polar surface area (TPSA) is 40.5 Å². The summed E-state index contributed by atoms with van der Waals surface area (Å²) in [4.78, 5) is 0. The Morgan fingerprint density at radius 2 is 1.44 bits per heavy atom. The van der Waals surface area contributed by atoms with E-state index in [0.29, 0.717) is 5.76 Å². The van der Waals surface area contributed by atoms with Gasteiger partial charge in [0, 0.05) is 17.8 Å². The molecule has 126 valence electrons. The first kappa shape index (κ1) is 15.9. The molecule has 2 N–H and O–H groups in total. The van der Waals surface area contributed by atoms with Crippen molar-refractivity contribution >= 4 is 0 Å². The summed E-state index contributed by atoms with van der Waals surface area (Å²) in [6.07, 6.45) is 7.92. The van der Waals surface area contributed by atoms with E-state index < -0.39 is 5.60 Å². The quantitative estimate of drug-likeness (QED) is 0.825. The van der Waals surface area contributed by atoms with Crippen molar-refractivity contribution < 1.29 is 10.2 Å². The van der Waals surface area contributed by atoms with Crippen molar-refractivity contribution in [3.05, 3.63) is 107 Å². The number of rotatable bonds is 2. The molecule has 0 heterocycles. The third kappa shape index (κ3) is 2.37. The number of aliphatic hydroxyl groups excluding tert-OH is 1. The second kappa shape index (κ2) is 6.05. The molecule has 2 aliphatic rings. The maximum atomic E-state index is 12.1. The number of aliphatic hydroxyl groups is 2. The number of allylic oxidation sites excluding steroid dienone is 3. The minimum Gasteiger partial charge on any atom is -0.512 e. The summed E-state index contributed by atoms with van der Waals surface area (Å²) < 4.78 is 0. The maximum Gasteiger partial charge on any atom is 0.107 e. The number of benzene rings is 2.